The second kappa shape index (κ2) is 7.10. The number of carbonyl (C=O) groups is 2. The lowest BCUT2D eigenvalue weighted by Gasteiger charge is -2.26. The summed E-state index contributed by atoms with van der Waals surface area (Å²) < 4.78 is 31.8. The van der Waals surface area contributed by atoms with Gasteiger partial charge in [-0.1, -0.05) is 18.6 Å². The third-order valence-corrected chi connectivity index (χ3v) is 5.68. The van der Waals surface area contributed by atoms with Gasteiger partial charge in [0.2, 0.25) is 10.0 Å². The average molecular weight is 340 g/mol. The first-order chi connectivity index (χ1) is 10.8. The predicted molar refractivity (Wildman–Crippen MR) is 83.1 cm³/mol. The fourth-order valence-corrected chi connectivity index (χ4v) is 4.08. The van der Waals surface area contributed by atoms with Crippen LogP contribution in [0.1, 0.15) is 36.5 Å². The van der Waals surface area contributed by atoms with Crippen molar-refractivity contribution in [1.29, 1.82) is 0 Å². The first-order valence-corrected chi connectivity index (χ1v) is 8.87. The molecule has 1 aromatic carbocycles. The van der Waals surface area contributed by atoms with Gasteiger partial charge < -0.3 is 10.5 Å². The second-order valence-electron chi connectivity index (χ2n) is 5.41. The molecule has 8 heteroatoms. The smallest absolute Gasteiger partial charge is 0.340 e. The number of ether oxygens (including phenoxy) is 1. The molecular formula is C15H20N2O5S. The lowest BCUT2D eigenvalue weighted by atomic mass is 10.2. The van der Waals surface area contributed by atoms with Crippen LogP contribution in [0.2, 0.25) is 0 Å². The molecule has 1 aromatic rings. The minimum Gasteiger partial charge on any atom is -0.449 e. The fourth-order valence-electron chi connectivity index (χ4n) is 2.39. The summed E-state index contributed by atoms with van der Waals surface area (Å²) in [5, 5.41) is 0. The molecule has 1 atom stereocenters. The summed E-state index contributed by atoms with van der Waals surface area (Å²) >= 11 is 0. The van der Waals surface area contributed by atoms with Crippen molar-refractivity contribution in [3.63, 3.8) is 0 Å². The van der Waals surface area contributed by atoms with Crippen LogP contribution < -0.4 is 5.73 Å². The van der Waals surface area contributed by atoms with Crippen molar-refractivity contribution in [3.05, 3.63) is 29.8 Å². The summed E-state index contributed by atoms with van der Waals surface area (Å²) in [6.45, 7) is 2.20. The van der Waals surface area contributed by atoms with Crippen LogP contribution in [0.25, 0.3) is 0 Å². The van der Waals surface area contributed by atoms with E-state index < -0.39 is 28.0 Å². The normalized spacial score (nSPS) is 17.4. The molecule has 1 fully saturated rings. The van der Waals surface area contributed by atoms with E-state index in [4.69, 9.17) is 10.5 Å². The zero-order valence-electron chi connectivity index (χ0n) is 12.9. The molecule has 126 valence electrons. The van der Waals surface area contributed by atoms with Gasteiger partial charge in [0.1, 0.15) is 0 Å². The SMILES string of the molecule is C[C@@H](OC(=O)c1ccccc1S(=O)(=O)N1CCCCC1)C(N)=O. The number of benzene rings is 1. The van der Waals surface area contributed by atoms with Crippen LogP contribution in [0.3, 0.4) is 0 Å². The predicted octanol–water partition coefficient (Wildman–Crippen LogP) is 0.892. The van der Waals surface area contributed by atoms with E-state index in [-0.39, 0.29) is 10.5 Å². The number of hydrogen-bond acceptors (Lipinski definition) is 5. The standard InChI is InChI=1S/C15H20N2O5S/c1-11(14(16)18)22-15(19)12-7-3-4-8-13(12)23(20,21)17-9-5-2-6-10-17/h3-4,7-8,11H,2,5-6,9-10H2,1H3,(H2,16,18)/t11-/m1/s1. The van der Waals surface area contributed by atoms with E-state index in [1.165, 1.54) is 23.4 Å². The number of primary amides is 1. The van der Waals surface area contributed by atoms with Crippen LogP contribution in [-0.4, -0.2) is 43.8 Å². The van der Waals surface area contributed by atoms with Crippen molar-refractivity contribution >= 4 is 21.9 Å². The van der Waals surface area contributed by atoms with Gasteiger partial charge in [0.15, 0.2) is 6.10 Å². The van der Waals surface area contributed by atoms with Crippen LogP contribution in [0, 0.1) is 0 Å². The molecule has 2 rings (SSSR count). The number of esters is 1. The van der Waals surface area contributed by atoms with Crippen molar-refractivity contribution in [1.82, 2.24) is 4.31 Å². The second-order valence-corrected chi connectivity index (χ2v) is 7.32. The van der Waals surface area contributed by atoms with Crippen molar-refractivity contribution in [3.8, 4) is 0 Å². The number of rotatable bonds is 5. The first-order valence-electron chi connectivity index (χ1n) is 7.43. The molecule has 1 aliphatic heterocycles. The number of sulfonamides is 1. The van der Waals surface area contributed by atoms with Crippen molar-refractivity contribution in [2.24, 2.45) is 5.73 Å². The summed E-state index contributed by atoms with van der Waals surface area (Å²) in [7, 11) is -3.78. The van der Waals surface area contributed by atoms with Crippen LogP contribution in [0.4, 0.5) is 0 Å². The van der Waals surface area contributed by atoms with E-state index in [1.54, 1.807) is 12.1 Å². The van der Waals surface area contributed by atoms with E-state index in [9.17, 15) is 18.0 Å². The Balaban J connectivity index is 2.33. The largest absolute Gasteiger partial charge is 0.449 e. The fraction of sp³-hybridized carbons (Fsp3) is 0.467. The van der Waals surface area contributed by atoms with Crippen LogP contribution in [0.5, 0.6) is 0 Å². The van der Waals surface area contributed by atoms with Crippen LogP contribution in [0.15, 0.2) is 29.2 Å². The lowest BCUT2D eigenvalue weighted by Crippen LogP contribution is -2.36. The molecular weight excluding hydrogens is 320 g/mol. The number of carbonyl (C=O) groups excluding carboxylic acids is 2. The van der Waals surface area contributed by atoms with Crippen molar-refractivity contribution in [2.75, 3.05) is 13.1 Å². The van der Waals surface area contributed by atoms with Gasteiger partial charge in [-0.05, 0) is 31.9 Å². The van der Waals surface area contributed by atoms with Gasteiger partial charge in [0.05, 0.1) is 10.5 Å². The van der Waals surface area contributed by atoms with Crippen LogP contribution >= 0.6 is 0 Å². The molecule has 0 bridgehead atoms. The van der Waals surface area contributed by atoms with Gasteiger partial charge in [0, 0.05) is 13.1 Å². The molecule has 7 nitrogen and oxygen atoms in total. The van der Waals surface area contributed by atoms with E-state index in [0.29, 0.717) is 13.1 Å². The summed E-state index contributed by atoms with van der Waals surface area (Å²) in [4.78, 5) is 23.1. The minimum atomic E-state index is -3.78. The summed E-state index contributed by atoms with van der Waals surface area (Å²) in [5.74, 6) is -1.68. The molecule has 2 N–H and O–H groups in total. The zero-order valence-corrected chi connectivity index (χ0v) is 13.7. The Kier molecular flexibility index (Phi) is 5.38. The lowest BCUT2D eigenvalue weighted by molar-refractivity contribution is -0.125. The summed E-state index contributed by atoms with van der Waals surface area (Å²) in [6.07, 6.45) is 1.45. The van der Waals surface area contributed by atoms with Crippen molar-refractivity contribution < 1.29 is 22.7 Å². The van der Waals surface area contributed by atoms with E-state index >= 15 is 0 Å². The molecule has 0 saturated carbocycles. The highest BCUT2D eigenvalue weighted by Gasteiger charge is 2.30. The number of nitrogens with zero attached hydrogens (tertiary/aromatic N) is 1. The first kappa shape index (κ1) is 17.4. The Morgan fingerprint density at radius 3 is 2.39 bits per heavy atom. The number of nitrogens with two attached hydrogens (primary N) is 1. The van der Waals surface area contributed by atoms with Gasteiger partial charge in [-0.2, -0.15) is 4.31 Å². The molecule has 1 saturated heterocycles. The van der Waals surface area contributed by atoms with Gasteiger partial charge >= 0.3 is 5.97 Å². The molecule has 0 spiro atoms. The quantitative estimate of drug-likeness (QED) is 0.801. The molecule has 1 aliphatic rings. The van der Waals surface area contributed by atoms with Gasteiger partial charge in [-0.3, -0.25) is 4.79 Å². The summed E-state index contributed by atoms with van der Waals surface area (Å²) in [5.41, 5.74) is 4.97. The molecule has 0 unspecified atom stereocenters. The molecule has 23 heavy (non-hydrogen) atoms. The topological polar surface area (TPSA) is 107 Å². The molecule has 1 amide bonds. The van der Waals surface area contributed by atoms with Gasteiger partial charge in [-0.15, -0.1) is 0 Å². The third-order valence-electron chi connectivity index (χ3n) is 3.72. The Hall–Kier alpha value is -1.93. The highest BCUT2D eigenvalue weighted by Crippen LogP contribution is 2.24. The molecule has 0 radical (unpaired) electrons. The Morgan fingerprint density at radius 1 is 1.17 bits per heavy atom. The number of amides is 1. The molecule has 1 heterocycles. The van der Waals surface area contributed by atoms with Crippen molar-refractivity contribution in [2.45, 2.75) is 37.2 Å². The monoisotopic (exact) mass is 340 g/mol. The Labute approximate surface area is 135 Å². The molecule has 0 aromatic heterocycles. The maximum absolute atomic E-state index is 12.8. The Bertz CT molecular complexity index is 696. The molecule has 0 aliphatic carbocycles. The average Bonchev–Trinajstić information content (AvgIpc) is 2.55. The third kappa shape index (κ3) is 3.89. The summed E-state index contributed by atoms with van der Waals surface area (Å²) in [6, 6.07) is 5.83. The maximum Gasteiger partial charge on any atom is 0.340 e. The number of piperidine rings is 1. The highest BCUT2D eigenvalue weighted by atomic mass is 32.2. The van der Waals surface area contributed by atoms with Crippen LogP contribution in [-0.2, 0) is 19.6 Å². The van der Waals surface area contributed by atoms with E-state index in [1.807, 2.05) is 0 Å². The maximum atomic E-state index is 12.8. The minimum absolute atomic E-state index is 0.0915. The van der Waals surface area contributed by atoms with Gasteiger partial charge in [0.25, 0.3) is 5.91 Å². The highest BCUT2D eigenvalue weighted by molar-refractivity contribution is 7.89. The number of hydrogen-bond donors (Lipinski definition) is 1. The Morgan fingerprint density at radius 2 is 1.78 bits per heavy atom. The van der Waals surface area contributed by atoms with Gasteiger partial charge in [-0.25, -0.2) is 13.2 Å². The van der Waals surface area contributed by atoms with E-state index in [2.05, 4.69) is 0 Å². The zero-order chi connectivity index (χ0) is 17.0. The van der Waals surface area contributed by atoms with E-state index in [0.717, 1.165) is 19.3 Å².